The van der Waals surface area contributed by atoms with E-state index in [1.807, 2.05) is 30.3 Å². The van der Waals surface area contributed by atoms with Crippen LogP contribution in [0.15, 0.2) is 53.4 Å². The van der Waals surface area contributed by atoms with E-state index < -0.39 is 5.91 Å². The van der Waals surface area contributed by atoms with Crippen LogP contribution in [0.25, 0.3) is 6.08 Å². The number of hydrogen-bond acceptors (Lipinski definition) is 4. The molecule has 1 aliphatic rings. The summed E-state index contributed by atoms with van der Waals surface area (Å²) in [6.07, 6.45) is 1.59. The minimum atomic E-state index is -0.402. The van der Waals surface area contributed by atoms with Crippen molar-refractivity contribution in [2.45, 2.75) is 6.61 Å². The number of carbonyl (C=O) groups excluding carboxylic acids is 2. The Balaban J connectivity index is 1.72. The van der Waals surface area contributed by atoms with Crippen LogP contribution in [0.1, 0.15) is 11.1 Å². The Bertz CT molecular complexity index is 790. The van der Waals surface area contributed by atoms with Gasteiger partial charge in [0.1, 0.15) is 12.4 Å². The standard InChI is InChI=1S/C17H12ClNO3S/c18-14-9-13(22-10-11-4-2-1-3-5-11)7-6-12(14)8-15-16(20)19-17(21)23-15/h1-9H,10H2,(H,19,20,21)/b15-8-. The Morgan fingerprint density at radius 3 is 2.57 bits per heavy atom. The summed E-state index contributed by atoms with van der Waals surface area (Å²) in [6, 6.07) is 15.0. The quantitative estimate of drug-likeness (QED) is 0.842. The van der Waals surface area contributed by atoms with Crippen LogP contribution in [-0.4, -0.2) is 11.1 Å². The van der Waals surface area contributed by atoms with Gasteiger partial charge in [0.15, 0.2) is 0 Å². The average Bonchev–Trinajstić information content (AvgIpc) is 2.86. The topological polar surface area (TPSA) is 55.4 Å². The van der Waals surface area contributed by atoms with E-state index in [4.69, 9.17) is 16.3 Å². The van der Waals surface area contributed by atoms with Crippen LogP contribution in [0.3, 0.4) is 0 Å². The number of benzene rings is 2. The van der Waals surface area contributed by atoms with Crippen LogP contribution >= 0.6 is 23.4 Å². The highest BCUT2D eigenvalue weighted by Gasteiger charge is 2.25. The molecule has 1 saturated heterocycles. The molecule has 0 spiro atoms. The molecule has 0 unspecified atom stereocenters. The van der Waals surface area contributed by atoms with Gasteiger partial charge in [0.25, 0.3) is 11.1 Å². The Morgan fingerprint density at radius 2 is 1.91 bits per heavy atom. The monoisotopic (exact) mass is 345 g/mol. The minimum Gasteiger partial charge on any atom is -0.489 e. The first-order chi connectivity index (χ1) is 11.1. The molecule has 0 radical (unpaired) electrons. The lowest BCUT2D eigenvalue weighted by Crippen LogP contribution is -2.17. The second kappa shape index (κ2) is 6.89. The first-order valence-electron chi connectivity index (χ1n) is 6.83. The van der Waals surface area contributed by atoms with Crippen LogP contribution in [0, 0.1) is 0 Å². The number of imide groups is 1. The summed E-state index contributed by atoms with van der Waals surface area (Å²) in [5, 5.41) is 2.29. The highest BCUT2D eigenvalue weighted by Crippen LogP contribution is 2.30. The maximum atomic E-state index is 11.5. The second-order valence-corrected chi connectivity index (χ2v) is 6.23. The molecule has 1 fully saturated rings. The van der Waals surface area contributed by atoms with Gasteiger partial charge in [-0.2, -0.15) is 0 Å². The number of ether oxygens (including phenoxy) is 1. The SMILES string of the molecule is O=C1NC(=O)/C(=C/c2ccc(OCc3ccccc3)cc2Cl)S1. The lowest BCUT2D eigenvalue weighted by molar-refractivity contribution is -0.115. The molecule has 0 aromatic heterocycles. The Morgan fingerprint density at radius 1 is 1.13 bits per heavy atom. The smallest absolute Gasteiger partial charge is 0.290 e. The average molecular weight is 346 g/mol. The molecule has 1 heterocycles. The van der Waals surface area contributed by atoms with Crippen molar-refractivity contribution < 1.29 is 14.3 Å². The molecule has 0 atom stereocenters. The highest BCUT2D eigenvalue weighted by molar-refractivity contribution is 8.18. The lowest BCUT2D eigenvalue weighted by atomic mass is 10.2. The fourth-order valence-electron chi connectivity index (χ4n) is 2.02. The molecule has 6 heteroatoms. The predicted molar refractivity (Wildman–Crippen MR) is 91.3 cm³/mol. The van der Waals surface area contributed by atoms with E-state index in [0.717, 1.165) is 17.3 Å². The van der Waals surface area contributed by atoms with E-state index in [2.05, 4.69) is 5.32 Å². The molecule has 0 saturated carbocycles. The summed E-state index contributed by atoms with van der Waals surface area (Å²) in [6.45, 7) is 0.449. The van der Waals surface area contributed by atoms with E-state index in [-0.39, 0.29) is 5.24 Å². The van der Waals surface area contributed by atoms with Crippen LogP contribution in [0.5, 0.6) is 5.75 Å². The van der Waals surface area contributed by atoms with Gasteiger partial charge in [-0.3, -0.25) is 14.9 Å². The molecule has 3 rings (SSSR count). The van der Waals surface area contributed by atoms with E-state index in [1.165, 1.54) is 0 Å². The highest BCUT2D eigenvalue weighted by atomic mass is 35.5. The van der Waals surface area contributed by atoms with Gasteiger partial charge >= 0.3 is 0 Å². The van der Waals surface area contributed by atoms with Crippen molar-refractivity contribution in [3.8, 4) is 5.75 Å². The molecule has 1 N–H and O–H groups in total. The van der Waals surface area contributed by atoms with Gasteiger partial charge in [-0.25, -0.2) is 0 Å². The largest absolute Gasteiger partial charge is 0.489 e. The first-order valence-corrected chi connectivity index (χ1v) is 8.02. The molecule has 116 valence electrons. The number of hydrogen-bond donors (Lipinski definition) is 1. The van der Waals surface area contributed by atoms with Crippen molar-refractivity contribution in [3.63, 3.8) is 0 Å². The number of nitrogens with one attached hydrogen (secondary N) is 1. The first kappa shape index (κ1) is 15.6. The lowest BCUT2D eigenvalue weighted by Gasteiger charge is -2.08. The van der Waals surface area contributed by atoms with Crippen molar-refractivity contribution in [3.05, 3.63) is 69.6 Å². The van der Waals surface area contributed by atoms with Gasteiger partial charge in [-0.15, -0.1) is 0 Å². The third kappa shape index (κ3) is 3.94. The van der Waals surface area contributed by atoms with E-state index in [1.54, 1.807) is 24.3 Å². The second-order valence-electron chi connectivity index (χ2n) is 4.81. The van der Waals surface area contributed by atoms with Gasteiger partial charge in [-0.1, -0.05) is 41.9 Å². The summed E-state index contributed by atoms with van der Waals surface area (Å²) < 4.78 is 5.69. The maximum Gasteiger partial charge on any atom is 0.290 e. The fourth-order valence-corrected chi connectivity index (χ4v) is 2.92. The fraction of sp³-hybridized carbons (Fsp3) is 0.0588. The predicted octanol–water partition coefficient (Wildman–Crippen LogP) is 4.24. The summed E-state index contributed by atoms with van der Waals surface area (Å²) >= 11 is 7.08. The maximum absolute atomic E-state index is 11.5. The van der Waals surface area contributed by atoms with E-state index in [9.17, 15) is 9.59 Å². The molecule has 2 aromatic rings. The number of halogens is 1. The Kier molecular flexibility index (Phi) is 4.69. The normalized spacial score (nSPS) is 15.8. The van der Waals surface area contributed by atoms with Crippen LogP contribution in [0.2, 0.25) is 5.02 Å². The zero-order valence-corrected chi connectivity index (χ0v) is 13.5. The molecule has 0 aliphatic carbocycles. The number of rotatable bonds is 4. The summed E-state index contributed by atoms with van der Waals surface area (Å²) in [4.78, 5) is 23.0. The number of thioether (sulfide) groups is 1. The zero-order chi connectivity index (χ0) is 16.2. The summed E-state index contributed by atoms with van der Waals surface area (Å²) in [7, 11) is 0. The van der Waals surface area contributed by atoms with E-state index >= 15 is 0 Å². The molecule has 2 aromatic carbocycles. The Hall–Kier alpha value is -2.24. The van der Waals surface area contributed by atoms with Crippen molar-refractivity contribution in [1.82, 2.24) is 5.32 Å². The number of carbonyl (C=O) groups is 2. The Labute approximate surface area is 142 Å². The van der Waals surface area contributed by atoms with Crippen LogP contribution in [0.4, 0.5) is 4.79 Å². The number of amides is 2. The van der Waals surface area contributed by atoms with Gasteiger partial charge in [0, 0.05) is 0 Å². The summed E-state index contributed by atoms with van der Waals surface area (Å²) in [5.41, 5.74) is 1.72. The molecule has 2 amide bonds. The third-order valence-electron chi connectivity index (χ3n) is 3.15. The zero-order valence-electron chi connectivity index (χ0n) is 11.9. The molecule has 23 heavy (non-hydrogen) atoms. The molecular formula is C17H12ClNO3S. The van der Waals surface area contributed by atoms with Crippen molar-refractivity contribution >= 4 is 40.6 Å². The van der Waals surface area contributed by atoms with Gasteiger partial charge < -0.3 is 4.74 Å². The van der Waals surface area contributed by atoms with Crippen molar-refractivity contribution in [2.24, 2.45) is 0 Å². The van der Waals surface area contributed by atoms with Gasteiger partial charge in [0.05, 0.1) is 9.93 Å². The molecule has 4 nitrogen and oxygen atoms in total. The molecular weight excluding hydrogens is 334 g/mol. The van der Waals surface area contributed by atoms with Crippen molar-refractivity contribution in [2.75, 3.05) is 0 Å². The molecule has 1 aliphatic heterocycles. The summed E-state index contributed by atoms with van der Waals surface area (Å²) in [5.74, 6) is 0.237. The third-order valence-corrected chi connectivity index (χ3v) is 4.29. The minimum absolute atomic E-state index is 0.329. The van der Waals surface area contributed by atoms with E-state index in [0.29, 0.717) is 27.8 Å². The van der Waals surface area contributed by atoms with Crippen LogP contribution in [-0.2, 0) is 11.4 Å². The van der Waals surface area contributed by atoms with Gasteiger partial charge in [0.2, 0.25) is 0 Å². The molecule has 0 bridgehead atoms. The van der Waals surface area contributed by atoms with Crippen molar-refractivity contribution in [1.29, 1.82) is 0 Å². The van der Waals surface area contributed by atoms with Crippen LogP contribution < -0.4 is 10.1 Å². The van der Waals surface area contributed by atoms with Gasteiger partial charge in [-0.05, 0) is 47.2 Å².